The summed E-state index contributed by atoms with van der Waals surface area (Å²) in [5, 5.41) is 0.856. The molecule has 0 unspecified atom stereocenters. The lowest BCUT2D eigenvalue weighted by Crippen LogP contribution is -2.20. The normalized spacial score (nSPS) is 10.7. The Morgan fingerprint density at radius 3 is 2.38 bits per heavy atom. The van der Waals surface area contributed by atoms with Gasteiger partial charge in [-0.2, -0.15) is 0 Å². The van der Waals surface area contributed by atoms with E-state index in [2.05, 4.69) is 0 Å². The highest BCUT2D eigenvalue weighted by Crippen LogP contribution is 2.13. The zero-order valence-electron chi connectivity index (χ0n) is 8.65. The molecular formula is C11H10Cl2N2O. The summed E-state index contributed by atoms with van der Waals surface area (Å²) in [5.41, 5.74) is 0.536. The van der Waals surface area contributed by atoms with Gasteiger partial charge in [0, 0.05) is 17.8 Å². The average Bonchev–Trinajstić information content (AvgIpc) is 2.57. The number of hydrogen-bond acceptors (Lipinski definition) is 1. The van der Waals surface area contributed by atoms with Crippen molar-refractivity contribution in [2.45, 2.75) is 13.5 Å². The zero-order valence-corrected chi connectivity index (χ0v) is 10.2. The van der Waals surface area contributed by atoms with Crippen LogP contribution in [0.1, 0.15) is 6.92 Å². The minimum Gasteiger partial charge on any atom is -0.284 e. The van der Waals surface area contributed by atoms with Gasteiger partial charge in [-0.25, -0.2) is 4.68 Å². The van der Waals surface area contributed by atoms with Gasteiger partial charge in [-0.1, -0.05) is 23.2 Å². The maximum Gasteiger partial charge on any atom is 0.290 e. The van der Waals surface area contributed by atoms with Gasteiger partial charge in [0.1, 0.15) is 5.02 Å². The largest absolute Gasteiger partial charge is 0.290 e. The van der Waals surface area contributed by atoms with E-state index in [1.54, 1.807) is 35.1 Å². The minimum absolute atomic E-state index is 0.217. The summed E-state index contributed by atoms with van der Waals surface area (Å²) in [6.07, 6.45) is 1.62. The fourth-order valence-electron chi connectivity index (χ4n) is 1.54. The van der Waals surface area contributed by atoms with E-state index in [-0.39, 0.29) is 10.6 Å². The van der Waals surface area contributed by atoms with Crippen molar-refractivity contribution >= 4 is 23.2 Å². The van der Waals surface area contributed by atoms with Crippen molar-refractivity contribution in [1.29, 1.82) is 0 Å². The summed E-state index contributed by atoms with van der Waals surface area (Å²) in [5.74, 6) is 0. The van der Waals surface area contributed by atoms with E-state index < -0.39 is 0 Å². The van der Waals surface area contributed by atoms with Crippen LogP contribution in [0.5, 0.6) is 0 Å². The lowest BCUT2D eigenvalue weighted by Gasteiger charge is -2.08. The zero-order chi connectivity index (χ0) is 11.7. The highest BCUT2D eigenvalue weighted by molar-refractivity contribution is 6.30. The molecule has 0 amide bonds. The van der Waals surface area contributed by atoms with Crippen LogP contribution in [0, 0.1) is 0 Å². The van der Waals surface area contributed by atoms with Crippen LogP contribution in [0.25, 0.3) is 5.69 Å². The van der Waals surface area contributed by atoms with E-state index in [0.29, 0.717) is 11.6 Å². The third-order valence-electron chi connectivity index (χ3n) is 2.31. The van der Waals surface area contributed by atoms with Crippen LogP contribution in [-0.2, 0) is 6.54 Å². The fourth-order valence-corrected chi connectivity index (χ4v) is 1.86. The molecule has 1 aromatic carbocycles. The maximum atomic E-state index is 11.8. The molecule has 0 aliphatic heterocycles. The van der Waals surface area contributed by atoms with E-state index in [1.165, 1.54) is 4.68 Å². The lowest BCUT2D eigenvalue weighted by molar-refractivity contribution is 0.574. The first-order valence-electron chi connectivity index (χ1n) is 4.87. The molecule has 1 aromatic heterocycles. The number of benzene rings is 1. The molecule has 5 heteroatoms. The minimum atomic E-state index is -0.217. The predicted octanol–water partition coefficient (Wildman–Crippen LogP) is 2.97. The number of aromatic nitrogens is 2. The predicted molar refractivity (Wildman–Crippen MR) is 65.7 cm³/mol. The maximum absolute atomic E-state index is 11.8. The van der Waals surface area contributed by atoms with Crippen LogP contribution in [0.2, 0.25) is 10.0 Å². The van der Waals surface area contributed by atoms with Gasteiger partial charge < -0.3 is 0 Å². The molecule has 0 radical (unpaired) electrons. The molecule has 0 bridgehead atoms. The molecule has 0 spiro atoms. The Morgan fingerprint density at radius 1 is 1.19 bits per heavy atom. The Balaban J connectivity index is 2.63. The van der Waals surface area contributed by atoms with Crippen molar-refractivity contribution in [2.75, 3.05) is 0 Å². The molecule has 3 nitrogen and oxygen atoms in total. The van der Waals surface area contributed by atoms with Gasteiger partial charge in [0.25, 0.3) is 5.56 Å². The second-order valence-corrected chi connectivity index (χ2v) is 4.17. The Kier molecular flexibility index (Phi) is 3.08. The van der Waals surface area contributed by atoms with Crippen molar-refractivity contribution in [3.8, 4) is 5.69 Å². The van der Waals surface area contributed by atoms with Crippen molar-refractivity contribution < 1.29 is 0 Å². The van der Waals surface area contributed by atoms with E-state index >= 15 is 0 Å². The quantitative estimate of drug-likeness (QED) is 0.812. The first-order valence-corrected chi connectivity index (χ1v) is 5.63. The lowest BCUT2D eigenvalue weighted by atomic mass is 10.3. The first kappa shape index (κ1) is 11.3. The van der Waals surface area contributed by atoms with E-state index in [9.17, 15) is 4.79 Å². The topological polar surface area (TPSA) is 26.9 Å². The summed E-state index contributed by atoms with van der Waals surface area (Å²) < 4.78 is 3.28. The van der Waals surface area contributed by atoms with Crippen molar-refractivity contribution in [1.82, 2.24) is 9.36 Å². The molecule has 0 saturated carbocycles. The number of halogens is 2. The molecule has 2 aromatic rings. The summed E-state index contributed by atoms with van der Waals surface area (Å²) in [4.78, 5) is 11.8. The molecule has 0 fully saturated rings. The monoisotopic (exact) mass is 256 g/mol. The third-order valence-corrected chi connectivity index (χ3v) is 2.82. The molecule has 0 aliphatic rings. The second-order valence-electron chi connectivity index (χ2n) is 3.33. The molecule has 16 heavy (non-hydrogen) atoms. The van der Waals surface area contributed by atoms with E-state index in [1.807, 2.05) is 6.92 Å². The van der Waals surface area contributed by atoms with Gasteiger partial charge in [-0.05, 0) is 31.2 Å². The van der Waals surface area contributed by atoms with E-state index in [4.69, 9.17) is 23.2 Å². The number of aryl methyl sites for hydroxylation is 1. The molecule has 84 valence electrons. The van der Waals surface area contributed by atoms with Crippen LogP contribution in [0.3, 0.4) is 0 Å². The van der Waals surface area contributed by atoms with Crippen LogP contribution >= 0.6 is 23.2 Å². The molecular weight excluding hydrogens is 247 g/mol. The molecule has 0 atom stereocenters. The van der Waals surface area contributed by atoms with Gasteiger partial charge in [0.15, 0.2) is 0 Å². The van der Waals surface area contributed by atoms with Crippen LogP contribution in [-0.4, -0.2) is 9.36 Å². The Bertz CT molecular complexity index is 554. The SMILES string of the molecule is CCn1cc(Cl)c(=O)n1-c1ccc(Cl)cc1. The number of rotatable bonds is 2. The second kappa shape index (κ2) is 4.36. The molecule has 0 aliphatic carbocycles. The molecule has 1 heterocycles. The van der Waals surface area contributed by atoms with Gasteiger partial charge in [0.2, 0.25) is 0 Å². The van der Waals surface area contributed by atoms with Crippen LogP contribution in [0.4, 0.5) is 0 Å². The first-order chi connectivity index (χ1) is 7.63. The number of hydrogen-bond donors (Lipinski definition) is 0. The summed E-state index contributed by atoms with van der Waals surface area (Å²) in [6.45, 7) is 2.62. The van der Waals surface area contributed by atoms with Crippen molar-refractivity contribution in [3.63, 3.8) is 0 Å². The van der Waals surface area contributed by atoms with Gasteiger partial charge >= 0.3 is 0 Å². The highest BCUT2D eigenvalue weighted by Gasteiger charge is 2.09. The van der Waals surface area contributed by atoms with Gasteiger partial charge in [-0.15, -0.1) is 0 Å². The summed E-state index contributed by atoms with van der Waals surface area (Å²) in [6, 6.07) is 7.05. The Hall–Kier alpha value is -1.19. The van der Waals surface area contributed by atoms with Crippen molar-refractivity contribution in [3.05, 3.63) is 50.9 Å². The smallest absolute Gasteiger partial charge is 0.284 e. The van der Waals surface area contributed by atoms with E-state index in [0.717, 1.165) is 5.69 Å². The number of nitrogens with zero attached hydrogens (tertiary/aromatic N) is 2. The van der Waals surface area contributed by atoms with Crippen LogP contribution in [0.15, 0.2) is 35.3 Å². The fraction of sp³-hybridized carbons (Fsp3) is 0.182. The van der Waals surface area contributed by atoms with Gasteiger partial charge in [0.05, 0.1) is 5.69 Å². The third kappa shape index (κ3) is 1.88. The average molecular weight is 257 g/mol. The standard InChI is InChI=1S/C11H10Cl2N2O/c1-2-14-7-10(13)11(16)15(14)9-5-3-8(12)4-6-9/h3-7H,2H2,1H3. The summed E-state index contributed by atoms with van der Waals surface area (Å²) >= 11 is 11.6. The molecule has 0 N–H and O–H groups in total. The Labute approximate surface area is 103 Å². The Morgan fingerprint density at radius 2 is 1.81 bits per heavy atom. The molecule has 0 saturated heterocycles. The highest BCUT2D eigenvalue weighted by atomic mass is 35.5. The molecule has 2 rings (SSSR count). The van der Waals surface area contributed by atoms with Crippen molar-refractivity contribution in [2.24, 2.45) is 0 Å². The van der Waals surface area contributed by atoms with Gasteiger partial charge in [-0.3, -0.25) is 9.48 Å². The van der Waals surface area contributed by atoms with Crippen LogP contribution < -0.4 is 5.56 Å². The summed E-state index contributed by atoms with van der Waals surface area (Å²) in [7, 11) is 0.